The van der Waals surface area contributed by atoms with Crippen molar-refractivity contribution in [1.29, 1.82) is 0 Å². The molecule has 1 aliphatic rings. The quantitative estimate of drug-likeness (QED) is 0.612. The average molecular weight is 437 g/mol. The lowest BCUT2D eigenvalue weighted by atomic mass is 10.1. The highest BCUT2D eigenvalue weighted by Crippen LogP contribution is 2.32. The first-order chi connectivity index (χ1) is 13.4. The number of nitrogens with zero attached hydrogens (tertiary/aromatic N) is 1. The van der Waals surface area contributed by atoms with Gasteiger partial charge in [-0.1, -0.05) is 52.3 Å². The minimum Gasteiger partial charge on any atom is -0.326 e. The third-order valence-electron chi connectivity index (χ3n) is 5.32. The summed E-state index contributed by atoms with van der Waals surface area (Å²) in [7, 11) is 0. The lowest BCUT2D eigenvalue weighted by Gasteiger charge is -2.19. The van der Waals surface area contributed by atoms with Crippen molar-refractivity contribution in [2.75, 3.05) is 16.8 Å². The Morgan fingerprint density at radius 2 is 1.82 bits per heavy atom. The van der Waals surface area contributed by atoms with Gasteiger partial charge in [0.05, 0.1) is 11.6 Å². The number of carbonyl (C=O) groups excluding carboxylic acids is 2. The Kier molecular flexibility index (Phi) is 4.94. The zero-order valence-corrected chi connectivity index (χ0v) is 17.4. The highest BCUT2D eigenvalue weighted by Gasteiger charge is 2.35. The van der Waals surface area contributed by atoms with Crippen LogP contribution in [0.5, 0.6) is 0 Å². The molecule has 0 radical (unpaired) electrons. The summed E-state index contributed by atoms with van der Waals surface area (Å²) in [5.74, 6) is -0.490. The summed E-state index contributed by atoms with van der Waals surface area (Å²) in [5.41, 5.74) is 3.71. The van der Waals surface area contributed by atoms with E-state index in [1.807, 2.05) is 68.4 Å². The molecular weight excluding hydrogens is 416 g/mol. The summed E-state index contributed by atoms with van der Waals surface area (Å²) in [5, 5.41) is 5.12. The van der Waals surface area contributed by atoms with E-state index in [-0.39, 0.29) is 24.2 Å². The summed E-state index contributed by atoms with van der Waals surface area (Å²) in [6, 6.07) is 17.9. The van der Waals surface area contributed by atoms with Crippen LogP contribution in [0.2, 0.25) is 0 Å². The fourth-order valence-corrected chi connectivity index (χ4v) is 4.17. The highest BCUT2D eigenvalue weighted by molar-refractivity contribution is 9.10. The van der Waals surface area contributed by atoms with E-state index in [9.17, 15) is 9.59 Å². The van der Waals surface area contributed by atoms with E-state index in [0.29, 0.717) is 6.54 Å². The van der Waals surface area contributed by atoms with Crippen LogP contribution >= 0.6 is 15.9 Å². The number of nitrogens with one attached hydrogen (secondary N) is 1. The standard InChI is InChI=1S/C23H21BrN2O2/c1-14-11-20(15(2)10-19(14)24)25-23(28)17-12-22(27)26(13-17)21-9-5-7-16-6-3-4-8-18(16)21/h3-11,17H,12-13H2,1-2H3,(H,25,28)/t17-/m0/s1. The number of carbonyl (C=O) groups is 2. The highest BCUT2D eigenvalue weighted by atomic mass is 79.9. The normalized spacial score (nSPS) is 16.6. The van der Waals surface area contributed by atoms with E-state index in [4.69, 9.17) is 0 Å². The molecule has 0 saturated carbocycles. The number of benzene rings is 3. The summed E-state index contributed by atoms with van der Waals surface area (Å²) >= 11 is 3.51. The molecule has 142 valence electrons. The van der Waals surface area contributed by atoms with Gasteiger partial charge in [-0.3, -0.25) is 9.59 Å². The molecule has 0 aliphatic carbocycles. The predicted octanol–water partition coefficient (Wildman–Crippen LogP) is 5.21. The number of rotatable bonds is 3. The van der Waals surface area contributed by atoms with Gasteiger partial charge in [0.15, 0.2) is 0 Å². The summed E-state index contributed by atoms with van der Waals surface area (Å²) in [6.07, 6.45) is 0.226. The number of amides is 2. The van der Waals surface area contributed by atoms with E-state index >= 15 is 0 Å². The predicted molar refractivity (Wildman–Crippen MR) is 117 cm³/mol. The second-order valence-electron chi connectivity index (χ2n) is 7.31. The van der Waals surface area contributed by atoms with Crippen LogP contribution in [-0.4, -0.2) is 18.4 Å². The van der Waals surface area contributed by atoms with Gasteiger partial charge in [0.25, 0.3) is 0 Å². The Balaban J connectivity index is 1.56. The Morgan fingerprint density at radius 1 is 1.07 bits per heavy atom. The first-order valence-electron chi connectivity index (χ1n) is 9.30. The van der Waals surface area contributed by atoms with Crippen LogP contribution in [-0.2, 0) is 9.59 Å². The average Bonchev–Trinajstić information content (AvgIpc) is 3.07. The van der Waals surface area contributed by atoms with Gasteiger partial charge in [0.1, 0.15) is 0 Å². The third-order valence-corrected chi connectivity index (χ3v) is 6.17. The molecule has 28 heavy (non-hydrogen) atoms. The maximum atomic E-state index is 12.8. The molecule has 2 amide bonds. The fourth-order valence-electron chi connectivity index (χ4n) is 3.71. The molecule has 1 aliphatic heterocycles. The van der Waals surface area contributed by atoms with Gasteiger partial charge in [-0.05, 0) is 48.6 Å². The van der Waals surface area contributed by atoms with Crippen LogP contribution < -0.4 is 10.2 Å². The van der Waals surface area contributed by atoms with E-state index < -0.39 is 0 Å². The van der Waals surface area contributed by atoms with Gasteiger partial charge in [0.2, 0.25) is 11.8 Å². The molecule has 0 aromatic heterocycles. The summed E-state index contributed by atoms with van der Waals surface area (Å²) < 4.78 is 1.01. The van der Waals surface area contributed by atoms with Crippen molar-refractivity contribution in [2.45, 2.75) is 20.3 Å². The molecule has 1 atom stereocenters. The summed E-state index contributed by atoms with van der Waals surface area (Å²) in [6.45, 7) is 4.34. The first-order valence-corrected chi connectivity index (χ1v) is 10.1. The van der Waals surface area contributed by atoms with Crippen LogP contribution in [0, 0.1) is 19.8 Å². The molecule has 3 aromatic carbocycles. The molecule has 1 heterocycles. The van der Waals surface area contributed by atoms with Crippen LogP contribution in [0.1, 0.15) is 17.5 Å². The second-order valence-corrected chi connectivity index (χ2v) is 8.16. The number of hydrogen-bond donors (Lipinski definition) is 1. The van der Waals surface area contributed by atoms with Crippen molar-refractivity contribution in [3.05, 3.63) is 70.2 Å². The molecule has 4 nitrogen and oxygen atoms in total. The largest absolute Gasteiger partial charge is 0.326 e. The number of fused-ring (bicyclic) bond motifs is 1. The van der Waals surface area contributed by atoms with Crippen molar-refractivity contribution >= 4 is 49.9 Å². The van der Waals surface area contributed by atoms with Gasteiger partial charge in [-0.25, -0.2) is 0 Å². The van der Waals surface area contributed by atoms with E-state index in [1.165, 1.54) is 0 Å². The number of halogens is 1. The van der Waals surface area contributed by atoms with Crippen molar-refractivity contribution in [1.82, 2.24) is 0 Å². The molecule has 0 bridgehead atoms. The Labute approximate surface area is 172 Å². The maximum absolute atomic E-state index is 12.8. The number of hydrogen-bond acceptors (Lipinski definition) is 2. The second kappa shape index (κ2) is 7.40. The topological polar surface area (TPSA) is 49.4 Å². The van der Waals surface area contributed by atoms with Gasteiger partial charge in [0, 0.05) is 28.5 Å². The SMILES string of the molecule is Cc1cc(NC(=O)[C@H]2CC(=O)N(c3cccc4ccccc34)C2)c(C)cc1Br. The van der Waals surface area contributed by atoms with E-state index in [0.717, 1.165) is 37.7 Å². The van der Waals surface area contributed by atoms with Crippen molar-refractivity contribution < 1.29 is 9.59 Å². The smallest absolute Gasteiger partial charge is 0.229 e. The van der Waals surface area contributed by atoms with Crippen LogP contribution in [0.4, 0.5) is 11.4 Å². The van der Waals surface area contributed by atoms with Gasteiger partial charge in [-0.15, -0.1) is 0 Å². The molecular formula is C23H21BrN2O2. The molecule has 5 heteroatoms. The van der Waals surface area contributed by atoms with Crippen LogP contribution in [0.25, 0.3) is 10.8 Å². The lowest BCUT2D eigenvalue weighted by Crippen LogP contribution is -2.28. The molecule has 4 rings (SSSR count). The number of aryl methyl sites for hydroxylation is 2. The van der Waals surface area contributed by atoms with Crippen molar-refractivity contribution in [3.8, 4) is 0 Å². The molecule has 1 saturated heterocycles. The zero-order valence-electron chi connectivity index (χ0n) is 15.8. The van der Waals surface area contributed by atoms with E-state index in [1.54, 1.807) is 4.90 Å². The Hall–Kier alpha value is -2.66. The van der Waals surface area contributed by atoms with Crippen LogP contribution in [0.15, 0.2) is 59.1 Å². The minimum atomic E-state index is -0.366. The zero-order chi connectivity index (χ0) is 19.8. The molecule has 3 aromatic rings. The lowest BCUT2D eigenvalue weighted by molar-refractivity contribution is -0.122. The summed E-state index contributed by atoms with van der Waals surface area (Å²) in [4.78, 5) is 27.3. The molecule has 0 unspecified atom stereocenters. The van der Waals surface area contributed by atoms with Gasteiger partial charge < -0.3 is 10.2 Å². The van der Waals surface area contributed by atoms with Crippen molar-refractivity contribution in [3.63, 3.8) is 0 Å². The van der Waals surface area contributed by atoms with E-state index in [2.05, 4.69) is 21.2 Å². The first kappa shape index (κ1) is 18.7. The minimum absolute atomic E-state index is 0.0137. The van der Waals surface area contributed by atoms with Crippen molar-refractivity contribution in [2.24, 2.45) is 5.92 Å². The monoisotopic (exact) mass is 436 g/mol. The molecule has 1 fully saturated rings. The molecule has 0 spiro atoms. The van der Waals surface area contributed by atoms with Gasteiger partial charge in [-0.2, -0.15) is 0 Å². The number of anilines is 2. The van der Waals surface area contributed by atoms with Gasteiger partial charge >= 0.3 is 0 Å². The third kappa shape index (κ3) is 3.42. The Bertz CT molecular complexity index is 1090. The maximum Gasteiger partial charge on any atom is 0.229 e. The Morgan fingerprint density at radius 3 is 2.64 bits per heavy atom. The van der Waals surface area contributed by atoms with Crippen LogP contribution in [0.3, 0.4) is 0 Å². The fraction of sp³-hybridized carbons (Fsp3) is 0.217. The molecule has 1 N–H and O–H groups in total.